The summed E-state index contributed by atoms with van der Waals surface area (Å²) in [6, 6.07) is 0. The average molecular weight is 282 g/mol. The van der Waals surface area contributed by atoms with E-state index >= 15 is 0 Å². The van der Waals surface area contributed by atoms with Gasteiger partial charge in [-0.25, -0.2) is 0 Å². The Morgan fingerprint density at radius 2 is 2.00 bits per heavy atom. The third-order valence-corrected chi connectivity index (χ3v) is 3.37. The Morgan fingerprint density at radius 1 is 1.33 bits per heavy atom. The second kappa shape index (κ2) is 4.69. The minimum Gasteiger partial charge on any atom is -0.353 e. The number of ether oxygens (including phenoxy) is 4. The molecule has 0 unspecified atom stereocenters. The van der Waals surface area contributed by atoms with Gasteiger partial charge in [-0.15, -0.1) is 0 Å². The van der Waals surface area contributed by atoms with Gasteiger partial charge >= 0.3 is 0 Å². The summed E-state index contributed by atoms with van der Waals surface area (Å²) in [5, 5.41) is 0. The normalized spacial score (nSPS) is 39.6. The van der Waals surface area contributed by atoms with E-state index in [9.17, 15) is 8.42 Å². The van der Waals surface area contributed by atoms with Gasteiger partial charge in [0.15, 0.2) is 18.2 Å². The Bertz CT molecular complexity index is 404. The molecule has 0 radical (unpaired) electrons. The van der Waals surface area contributed by atoms with Crippen molar-refractivity contribution in [2.75, 3.05) is 20.0 Å². The van der Waals surface area contributed by atoms with Crippen molar-refractivity contribution < 1.29 is 31.5 Å². The molecule has 2 aliphatic rings. The molecule has 8 heteroatoms. The fourth-order valence-electron chi connectivity index (χ4n) is 2.11. The molecule has 2 heterocycles. The van der Waals surface area contributed by atoms with Gasteiger partial charge in [0, 0.05) is 7.11 Å². The van der Waals surface area contributed by atoms with E-state index in [0.717, 1.165) is 6.26 Å². The minimum atomic E-state index is -3.62. The van der Waals surface area contributed by atoms with Crippen LogP contribution in [0.5, 0.6) is 0 Å². The Labute approximate surface area is 106 Å². The number of methoxy groups -OCH3 is 1. The monoisotopic (exact) mass is 282 g/mol. The van der Waals surface area contributed by atoms with E-state index in [0.29, 0.717) is 6.61 Å². The van der Waals surface area contributed by atoms with E-state index in [1.165, 1.54) is 7.11 Å². The second-order valence-corrected chi connectivity index (χ2v) is 6.44. The third-order valence-electron chi connectivity index (χ3n) is 2.80. The Kier molecular flexibility index (Phi) is 3.69. The minimum absolute atomic E-state index is 0.307. The summed E-state index contributed by atoms with van der Waals surface area (Å²) in [4.78, 5) is 0. The van der Waals surface area contributed by atoms with Crippen molar-refractivity contribution >= 4 is 10.1 Å². The van der Waals surface area contributed by atoms with E-state index in [-0.39, 0.29) is 0 Å². The summed E-state index contributed by atoms with van der Waals surface area (Å²) in [6.45, 7) is 3.81. The van der Waals surface area contributed by atoms with Crippen molar-refractivity contribution in [3.63, 3.8) is 0 Å². The summed E-state index contributed by atoms with van der Waals surface area (Å²) in [6.07, 6.45) is -1.55. The van der Waals surface area contributed by atoms with Crippen molar-refractivity contribution in [3.8, 4) is 0 Å². The molecule has 2 saturated heterocycles. The molecule has 0 bridgehead atoms. The van der Waals surface area contributed by atoms with Crippen molar-refractivity contribution in [2.24, 2.45) is 0 Å². The van der Waals surface area contributed by atoms with Crippen LogP contribution in [0.25, 0.3) is 0 Å². The van der Waals surface area contributed by atoms with Crippen LogP contribution < -0.4 is 0 Å². The maximum absolute atomic E-state index is 11.3. The van der Waals surface area contributed by atoms with Crippen LogP contribution in [-0.2, 0) is 33.2 Å². The van der Waals surface area contributed by atoms with Crippen molar-refractivity contribution in [1.29, 1.82) is 0 Å². The molecule has 4 atom stereocenters. The van der Waals surface area contributed by atoms with Crippen LogP contribution in [0, 0.1) is 0 Å². The molecule has 0 aromatic heterocycles. The first-order valence-corrected chi connectivity index (χ1v) is 7.42. The smallest absolute Gasteiger partial charge is 0.264 e. The van der Waals surface area contributed by atoms with Crippen LogP contribution >= 0.6 is 0 Å². The molecule has 2 aliphatic heterocycles. The molecule has 0 N–H and O–H groups in total. The lowest BCUT2D eigenvalue weighted by atomic mass is 10.1. The number of rotatable bonds is 3. The van der Waals surface area contributed by atoms with Gasteiger partial charge in [-0.1, -0.05) is 0 Å². The van der Waals surface area contributed by atoms with Gasteiger partial charge in [0.25, 0.3) is 10.1 Å². The van der Waals surface area contributed by atoms with Crippen LogP contribution in [0.15, 0.2) is 0 Å². The van der Waals surface area contributed by atoms with Gasteiger partial charge in [0.1, 0.15) is 12.2 Å². The standard InChI is InChI=1S/C10H18O7S/c1-10(2)14-5-6-7(16-10)8(9(13-3)15-6)17-18(4,11)12/h6-9H,5H2,1-4H3/t6-,7+,8-,9+/m1/s1. The quantitative estimate of drug-likeness (QED) is 0.666. The van der Waals surface area contributed by atoms with Crippen molar-refractivity contribution in [3.05, 3.63) is 0 Å². The first kappa shape index (κ1) is 14.2. The van der Waals surface area contributed by atoms with Crippen LogP contribution in [0.3, 0.4) is 0 Å². The van der Waals surface area contributed by atoms with E-state index in [2.05, 4.69) is 0 Å². The van der Waals surface area contributed by atoms with Crippen molar-refractivity contribution in [2.45, 2.75) is 44.2 Å². The highest BCUT2D eigenvalue weighted by Crippen LogP contribution is 2.35. The average Bonchev–Trinajstić information content (AvgIpc) is 2.53. The number of hydrogen-bond donors (Lipinski definition) is 0. The van der Waals surface area contributed by atoms with Gasteiger partial charge in [0.05, 0.1) is 12.9 Å². The lowest BCUT2D eigenvalue weighted by Crippen LogP contribution is -2.51. The molecular weight excluding hydrogens is 264 g/mol. The van der Waals surface area contributed by atoms with Crippen LogP contribution in [0.2, 0.25) is 0 Å². The highest BCUT2D eigenvalue weighted by Gasteiger charge is 2.53. The zero-order valence-electron chi connectivity index (χ0n) is 10.8. The molecule has 106 valence electrons. The summed E-state index contributed by atoms with van der Waals surface area (Å²) >= 11 is 0. The maximum Gasteiger partial charge on any atom is 0.264 e. The summed E-state index contributed by atoms with van der Waals surface area (Å²) in [5.41, 5.74) is 0. The van der Waals surface area contributed by atoms with Gasteiger partial charge in [-0.05, 0) is 13.8 Å². The van der Waals surface area contributed by atoms with E-state index in [4.69, 9.17) is 23.1 Å². The third kappa shape index (κ3) is 3.01. The van der Waals surface area contributed by atoms with E-state index in [1.54, 1.807) is 13.8 Å². The SMILES string of the molecule is CO[C@H]1O[C@@H]2COC(C)(C)O[C@@H]2[C@H]1OS(C)(=O)=O. The van der Waals surface area contributed by atoms with Gasteiger partial charge < -0.3 is 18.9 Å². The summed E-state index contributed by atoms with van der Waals surface area (Å²) < 4.78 is 49.2. The predicted octanol–water partition coefficient (Wildman–Crippen LogP) is -0.146. The molecule has 0 aromatic rings. The lowest BCUT2D eigenvalue weighted by molar-refractivity contribution is -0.299. The highest BCUT2D eigenvalue weighted by molar-refractivity contribution is 7.86. The number of hydrogen-bond acceptors (Lipinski definition) is 7. The predicted molar refractivity (Wildman–Crippen MR) is 60.3 cm³/mol. The van der Waals surface area contributed by atoms with E-state index < -0.39 is 40.5 Å². The largest absolute Gasteiger partial charge is 0.353 e. The van der Waals surface area contributed by atoms with Gasteiger partial charge in [-0.2, -0.15) is 8.42 Å². The summed E-state index contributed by atoms with van der Waals surface area (Å²) in [5.74, 6) is -0.799. The van der Waals surface area contributed by atoms with Gasteiger partial charge in [-0.3, -0.25) is 4.18 Å². The van der Waals surface area contributed by atoms with Gasteiger partial charge in [0.2, 0.25) is 0 Å². The van der Waals surface area contributed by atoms with Crippen LogP contribution in [0.4, 0.5) is 0 Å². The van der Waals surface area contributed by atoms with Crippen LogP contribution in [-0.4, -0.2) is 58.8 Å². The Balaban J connectivity index is 2.18. The molecule has 2 rings (SSSR count). The highest BCUT2D eigenvalue weighted by atomic mass is 32.2. The first-order chi connectivity index (χ1) is 8.22. The Hall–Kier alpha value is -0.250. The second-order valence-electron chi connectivity index (χ2n) is 4.84. The first-order valence-electron chi connectivity index (χ1n) is 5.60. The lowest BCUT2D eigenvalue weighted by Gasteiger charge is -2.38. The molecule has 0 aromatic carbocycles. The maximum atomic E-state index is 11.3. The summed E-state index contributed by atoms with van der Waals surface area (Å²) in [7, 11) is -2.20. The fraction of sp³-hybridized carbons (Fsp3) is 1.00. The molecule has 2 fully saturated rings. The molecule has 7 nitrogen and oxygen atoms in total. The molecule has 0 amide bonds. The van der Waals surface area contributed by atoms with Crippen molar-refractivity contribution in [1.82, 2.24) is 0 Å². The van der Waals surface area contributed by atoms with E-state index in [1.807, 2.05) is 0 Å². The fourth-order valence-corrected chi connectivity index (χ4v) is 2.71. The molecule has 0 saturated carbocycles. The number of fused-ring (bicyclic) bond motifs is 1. The molecular formula is C10H18O7S. The molecule has 0 spiro atoms. The molecule has 18 heavy (non-hydrogen) atoms. The zero-order chi connectivity index (χ0) is 13.6. The topological polar surface area (TPSA) is 80.3 Å². The van der Waals surface area contributed by atoms with Crippen LogP contribution in [0.1, 0.15) is 13.8 Å². The Morgan fingerprint density at radius 3 is 2.56 bits per heavy atom. The molecule has 0 aliphatic carbocycles. The zero-order valence-corrected chi connectivity index (χ0v) is 11.6.